The Morgan fingerprint density at radius 1 is 1.21 bits per heavy atom. The molecule has 1 fully saturated rings. The molecule has 9 nitrogen and oxygen atoms in total. The number of amides is 3. The van der Waals surface area contributed by atoms with Gasteiger partial charge in [-0.05, 0) is 49.6 Å². The fourth-order valence-electron chi connectivity index (χ4n) is 3.08. The Kier molecular flexibility index (Phi) is 8.79. The fraction of sp³-hybridized carbons (Fsp3) is 0.304. The number of hydrogen-bond acceptors (Lipinski definition) is 6. The van der Waals surface area contributed by atoms with E-state index in [1.165, 1.54) is 6.21 Å². The Bertz CT molecular complexity index is 1040. The smallest absolute Gasteiger partial charge is 0.329 e. The van der Waals surface area contributed by atoms with Gasteiger partial charge in [-0.15, -0.1) is 0 Å². The second-order valence-corrected chi connectivity index (χ2v) is 7.81. The zero-order chi connectivity index (χ0) is 23.6. The Labute approximate surface area is 196 Å². The van der Waals surface area contributed by atoms with E-state index in [9.17, 15) is 14.4 Å². The number of halogens is 1. The average molecular weight is 473 g/mol. The highest BCUT2D eigenvalue weighted by atomic mass is 35.5. The highest BCUT2D eigenvalue weighted by Gasteiger charge is 2.19. The summed E-state index contributed by atoms with van der Waals surface area (Å²) < 4.78 is 11.0. The van der Waals surface area contributed by atoms with E-state index in [2.05, 4.69) is 21.2 Å². The summed E-state index contributed by atoms with van der Waals surface area (Å²) >= 11 is 5.97. The lowest BCUT2D eigenvalue weighted by molar-refractivity contribution is -0.139. The largest absolute Gasteiger partial charge is 0.483 e. The van der Waals surface area contributed by atoms with E-state index in [1.807, 2.05) is 13.0 Å². The molecule has 1 heterocycles. The maximum atomic E-state index is 12.3. The molecule has 2 aromatic carbocycles. The van der Waals surface area contributed by atoms with Crippen LogP contribution in [0.1, 0.15) is 24.0 Å². The van der Waals surface area contributed by atoms with Crippen LogP contribution in [0.5, 0.6) is 5.75 Å². The van der Waals surface area contributed by atoms with Crippen molar-refractivity contribution >= 4 is 41.2 Å². The minimum absolute atomic E-state index is 0.0609. The normalized spacial score (nSPS) is 15.3. The van der Waals surface area contributed by atoms with Crippen LogP contribution >= 0.6 is 11.6 Å². The first kappa shape index (κ1) is 24.2. The highest BCUT2D eigenvalue weighted by Crippen LogP contribution is 2.20. The molecular weight excluding hydrogens is 448 g/mol. The summed E-state index contributed by atoms with van der Waals surface area (Å²) in [4.78, 5) is 36.0. The lowest BCUT2D eigenvalue weighted by Gasteiger charge is -2.11. The van der Waals surface area contributed by atoms with E-state index in [-0.39, 0.29) is 25.2 Å². The van der Waals surface area contributed by atoms with Crippen LogP contribution in [0.3, 0.4) is 0 Å². The number of rotatable bonds is 8. The fourth-order valence-corrected chi connectivity index (χ4v) is 3.25. The molecule has 0 radical (unpaired) electrons. The third kappa shape index (κ3) is 7.58. The van der Waals surface area contributed by atoms with E-state index >= 15 is 0 Å². The SMILES string of the molecule is Cc1ccc(Cl)cc1NC(=O)COc1ccccc1/C=N\NC(=O)C(=O)NC[C@@H]1CCCO1. The summed E-state index contributed by atoms with van der Waals surface area (Å²) in [7, 11) is 0. The molecule has 10 heteroatoms. The van der Waals surface area contributed by atoms with Crippen LogP contribution in [-0.4, -0.2) is 49.8 Å². The van der Waals surface area contributed by atoms with Gasteiger partial charge in [-0.2, -0.15) is 5.10 Å². The van der Waals surface area contributed by atoms with Crippen molar-refractivity contribution in [1.82, 2.24) is 10.7 Å². The Morgan fingerprint density at radius 3 is 2.82 bits per heavy atom. The number of hydrazone groups is 1. The lowest BCUT2D eigenvalue weighted by Crippen LogP contribution is -2.41. The van der Waals surface area contributed by atoms with Crippen molar-refractivity contribution < 1.29 is 23.9 Å². The monoisotopic (exact) mass is 472 g/mol. The van der Waals surface area contributed by atoms with Crippen molar-refractivity contribution in [1.29, 1.82) is 0 Å². The van der Waals surface area contributed by atoms with Crippen LogP contribution in [0.4, 0.5) is 5.69 Å². The molecule has 0 aliphatic carbocycles. The molecule has 1 aliphatic rings. The van der Waals surface area contributed by atoms with Gasteiger partial charge in [0.25, 0.3) is 5.91 Å². The lowest BCUT2D eigenvalue weighted by atomic mass is 10.2. The third-order valence-corrected chi connectivity index (χ3v) is 5.08. The summed E-state index contributed by atoms with van der Waals surface area (Å²) in [5, 5.41) is 9.59. The topological polar surface area (TPSA) is 118 Å². The van der Waals surface area contributed by atoms with Gasteiger partial charge in [0.05, 0.1) is 12.3 Å². The van der Waals surface area contributed by atoms with Gasteiger partial charge in [0.1, 0.15) is 5.75 Å². The van der Waals surface area contributed by atoms with E-state index in [0.29, 0.717) is 28.6 Å². The minimum atomic E-state index is -0.890. The van der Waals surface area contributed by atoms with Crippen molar-refractivity contribution in [3.05, 3.63) is 58.6 Å². The quantitative estimate of drug-likeness (QED) is 0.310. The minimum Gasteiger partial charge on any atom is -0.483 e. The summed E-state index contributed by atoms with van der Waals surface area (Å²) in [6.45, 7) is 2.56. The van der Waals surface area contributed by atoms with Gasteiger partial charge in [-0.25, -0.2) is 5.43 Å². The molecule has 2 aromatic rings. The number of carbonyl (C=O) groups excluding carboxylic acids is 3. The van der Waals surface area contributed by atoms with E-state index in [4.69, 9.17) is 21.1 Å². The van der Waals surface area contributed by atoms with Crippen molar-refractivity contribution in [2.45, 2.75) is 25.9 Å². The number of carbonyl (C=O) groups is 3. The predicted molar refractivity (Wildman–Crippen MR) is 124 cm³/mol. The third-order valence-electron chi connectivity index (χ3n) is 4.84. The Balaban J connectivity index is 1.49. The van der Waals surface area contributed by atoms with Gasteiger partial charge in [0, 0.05) is 29.4 Å². The van der Waals surface area contributed by atoms with Gasteiger partial charge in [-0.1, -0.05) is 29.8 Å². The number of para-hydroxylation sites is 1. The van der Waals surface area contributed by atoms with Crippen LogP contribution in [0.25, 0.3) is 0 Å². The molecule has 0 bridgehead atoms. The molecule has 3 amide bonds. The Morgan fingerprint density at radius 2 is 2.03 bits per heavy atom. The molecule has 0 saturated carbocycles. The summed E-state index contributed by atoms with van der Waals surface area (Å²) in [6, 6.07) is 12.1. The summed E-state index contributed by atoms with van der Waals surface area (Å²) in [5.41, 5.74) is 4.17. The number of ether oxygens (including phenoxy) is 2. The van der Waals surface area contributed by atoms with Crippen LogP contribution in [0.2, 0.25) is 5.02 Å². The average Bonchev–Trinajstić information content (AvgIpc) is 3.33. The molecule has 3 N–H and O–H groups in total. The van der Waals surface area contributed by atoms with Crippen molar-refractivity contribution in [2.24, 2.45) is 5.10 Å². The van der Waals surface area contributed by atoms with E-state index in [1.54, 1.807) is 36.4 Å². The molecule has 0 unspecified atom stereocenters. The summed E-state index contributed by atoms with van der Waals surface area (Å²) in [6.07, 6.45) is 3.07. The zero-order valence-electron chi connectivity index (χ0n) is 18.1. The van der Waals surface area contributed by atoms with Crippen LogP contribution < -0.4 is 20.8 Å². The number of hydrogen-bond donors (Lipinski definition) is 3. The van der Waals surface area contributed by atoms with Crippen molar-refractivity contribution in [3.8, 4) is 5.75 Å². The second kappa shape index (κ2) is 12.0. The predicted octanol–water partition coefficient (Wildman–Crippen LogP) is 2.41. The summed E-state index contributed by atoms with van der Waals surface area (Å²) in [5.74, 6) is -1.65. The van der Waals surface area contributed by atoms with Gasteiger partial charge >= 0.3 is 11.8 Å². The van der Waals surface area contributed by atoms with Crippen LogP contribution in [-0.2, 0) is 19.1 Å². The van der Waals surface area contributed by atoms with Crippen molar-refractivity contribution in [2.75, 3.05) is 25.1 Å². The first-order valence-corrected chi connectivity index (χ1v) is 10.8. The number of benzene rings is 2. The Hall–Kier alpha value is -3.43. The van der Waals surface area contributed by atoms with Gasteiger partial charge in [0.15, 0.2) is 6.61 Å². The number of aryl methyl sites for hydroxylation is 1. The molecule has 0 aromatic heterocycles. The standard InChI is InChI=1S/C23H25ClN4O5/c1-15-8-9-17(24)11-19(15)27-21(29)14-33-20-7-3-2-5-16(20)12-26-28-23(31)22(30)25-13-18-6-4-10-32-18/h2-3,5,7-9,11-12,18H,4,6,10,13-14H2,1H3,(H,25,30)(H,27,29)(H,28,31)/b26-12-/t18-/m0/s1. The molecule has 33 heavy (non-hydrogen) atoms. The molecule has 1 aliphatic heterocycles. The molecular formula is C23H25ClN4O5. The van der Waals surface area contributed by atoms with Gasteiger partial charge < -0.3 is 20.1 Å². The van der Waals surface area contributed by atoms with Gasteiger partial charge in [-0.3, -0.25) is 14.4 Å². The molecule has 174 valence electrons. The van der Waals surface area contributed by atoms with E-state index in [0.717, 1.165) is 18.4 Å². The molecule has 1 saturated heterocycles. The van der Waals surface area contributed by atoms with Crippen LogP contribution in [0, 0.1) is 6.92 Å². The zero-order valence-corrected chi connectivity index (χ0v) is 18.9. The van der Waals surface area contributed by atoms with Crippen molar-refractivity contribution in [3.63, 3.8) is 0 Å². The highest BCUT2D eigenvalue weighted by molar-refractivity contribution is 6.35. The number of anilines is 1. The first-order valence-electron chi connectivity index (χ1n) is 10.4. The van der Waals surface area contributed by atoms with E-state index < -0.39 is 11.8 Å². The molecule has 0 spiro atoms. The maximum absolute atomic E-state index is 12.3. The number of nitrogens with zero attached hydrogens (tertiary/aromatic N) is 1. The van der Waals surface area contributed by atoms with Gasteiger partial charge in [0.2, 0.25) is 0 Å². The number of nitrogens with one attached hydrogen (secondary N) is 3. The molecule has 1 atom stereocenters. The molecule has 3 rings (SSSR count). The second-order valence-electron chi connectivity index (χ2n) is 7.38. The van der Waals surface area contributed by atoms with Crippen LogP contribution in [0.15, 0.2) is 47.6 Å². The first-order chi connectivity index (χ1) is 15.9. The maximum Gasteiger partial charge on any atom is 0.329 e.